The molecule has 1 aliphatic rings. The van der Waals surface area contributed by atoms with E-state index in [-0.39, 0.29) is 0 Å². The topological polar surface area (TPSA) is 64.6 Å². The number of halogens is 2. The van der Waals surface area contributed by atoms with Crippen LogP contribution in [0, 0.1) is 5.41 Å². The summed E-state index contributed by atoms with van der Waals surface area (Å²) < 4.78 is 8.95. The molecule has 0 radical (unpaired) electrons. The molecule has 0 saturated heterocycles. The molecule has 1 aliphatic carbocycles. The normalized spacial score (nSPS) is 22.3. The Morgan fingerprint density at radius 2 is 1.95 bits per heavy atom. The molecule has 2 rings (SSSR count). The molecule has 0 aromatic heterocycles. The van der Waals surface area contributed by atoms with Crippen molar-refractivity contribution in [3.63, 3.8) is 0 Å². The van der Waals surface area contributed by atoms with E-state index < -0.39 is 28.2 Å². The number of alkyl halides is 2. The summed E-state index contributed by atoms with van der Waals surface area (Å²) in [5.74, 6) is -0.526. The Morgan fingerprint density at radius 3 is 2.52 bits per heavy atom. The van der Waals surface area contributed by atoms with Crippen molar-refractivity contribution in [3.8, 4) is 5.75 Å². The van der Waals surface area contributed by atoms with Gasteiger partial charge in [0.05, 0.1) is 12.8 Å². The maximum Gasteiger partial charge on any atom is 0.315 e. The van der Waals surface area contributed by atoms with Crippen molar-refractivity contribution in [2.24, 2.45) is 5.41 Å². The quantitative estimate of drug-likeness (QED) is 0.665. The number of rotatable bonds is 5. The average molecular weight is 332 g/mol. The lowest BCUT2D eigenvalue weighted by Gasteiger charge is -2.13. The zero-order chi connectivity index (χ0) is 15.7. The number of nitrogens with one attached hydrogen (secondary N) is 1. The van der Waals surface area contributed by atoms with Crippen molar-refractivity contribution in [1.82, 2.24) is 0 Å². The Kier molecular flexibility index (Phi) is 4.35. The van der Waals surface area contributed by atoms with Crippen molar-refractivity contribution >= 4 is 40.8 Å². The van der Waals surface area contributed by atoms with E-state index in [9.17, 15) is 9.59 Å². The number of para-hydroxylation sites is 2. The van der Waals surface area contributed by atoms with Gasteiger partial charge in [0, 0.05) is 6.42 Å². The van der Waals surface area contributed by atoms with Gasteiger partial charge in [-0.05, 0) is 19.1 Å². The van der Waals surface area contributed by atoms with Crippen LogP contribution in [-0.2, 0) is 14.3 Å². The molecule has 21 heavy (non-hydrogen) atoms. The van der Waals surface area contributed by atoms with Gasteiger partial charge >= 0.3 is 5.97 Å². The molecule has 1 aromatic rings. The zero-order valence-corrected chi connectivity index (χ0v) is 13.1. The largest absolute Gasteiger partial charge is 0.495 e. The standard InChI is InChI=1S/C14H15Cl2NO4/c1-13(8-14(13,15)16)12(19)21-7-11(18)17-9-5-3-4-6-10(9)20-2/h3-6H,7-8H2,1-2H3,(H,17,18)/t13-/m1/s1. The number of esters is 1. The van der Waals surface area contributed by atoms with Gasteiger partial charge in [0.2, 0.25) is 0 Å². The lowest BCUT2D eigenvalue weighted by atomic mass is 10.1. The smallest absolute Gasteiger partial charge is 0.315 e. The SMILES string of the molecule is COc1ccccc1NC(=O)COC(=O)[C@@]1(C)CC1(Cl)Cl. The second kappa shape index (κ2) is 5.73. The Hall–Kier alpha value is -1.46. The first-order chi connectivity index (χ1) is 9.80. The molecule has 114 valence electrons. The summed E-state index contributed by atoms with van der Waals surface area (Å²) in [5, 5.41) is 2.60. The number of benzene rings is 1. The minimum atomic E-state index is -1.11. The Balaban J connectivity index is 1.87. The van der Waals surface area contributed by atoms with E-state index in [1.54, 1.807) is 31.2 Å². The minimum absolute atomic E-state index is 0.316. The van der Waals surface area contributed by atoms with E-state index in [2.05, 4.69) is 5.32 Å². The van der Waals surface area contributed by atoms with Crippen LogP contribution in [0.15, 0.2) is 24.3 Å². The van der Waals surface area contributed by atoms with Crippen molar-refractivity contribution in [3.05, 3.63) is 24.3 Å². The van der Waals surface area contributed by atoms with Crippen molar-refractivity contribution in [2.45, 2.75) is 17.7 Å². The van der Waals surface area contributed by atoms with Crippen LogP contribution in [0.4, 0.5) is 5.69 Å². The summed E-state index contributed by atoms with van der Waals surface area (Å²) in [6.07, 6.45) is 0.316. The van der Waals surface area contributed by atoms with E-state index >= 15 is 0 Å². The van der Waals surface area contributed by atoms with E-state index in [0.29, 0.717) is 17.9 Å². The minimum Gasteiger partial charge on any atom is -0.495 e. The summed E-state index contributed by atoms with van der Waals surface area (Å²) in [5.41, 5.74) is -0.441. The fourth-order valence-corrected chi connectivity index (χ4v) is 2.53. The first-order valence-corrected chi connectivity index (χ1v) is 7.04. The van der Waals surface area contributed by atoms with Crippen LogP contribution >= 0.6 is 23.2 Å². The molecule has 0 spiro atoms. The lowest BCUT2D eigenvalue weighted by molar-refractivity contribution is -0.152. The van der Waals surface area contributed by atoms with Crippen LogP contribution < -0.4 is 10.1 Å². The molecule has 0 unspecified atom stereocenters. The summed E-state index contributed by atoms with van der Waals surface area (Å²) >= 11 is 11.8. The highest BCUT2D eigenvalue weighted by Crippen LogP contribution is 2.64. The summed E-state index contributed by atoms with van der Waals surface area (Å²) in [6, 6.07) is 6.93. The van der Waals surface area contributed by atoms with Gasteiger partial charge in [-0.15, -0.1) is 23.2 Å². The second-order valence-electron chi connectivity index (χ2n) is 5.04. The molecule has 1 amide bonds. The van der Waals surface area contributed by atoms with Crippen LogP contribution in [0.1, 0.15) is 13.3 Å². The van der Waals surface area contributed by atoms with Crippen LogP contribution in [0.2, 0.25) is 0 Å². The van der Waals surface area contributed by atoms with Gasteiger partial charge in [0.1, 0.15) is 15.5 Å². The van der Waals surface area contributed by atoms with Crippen LogP contribution in [0.25, 0.3) is 0 Å². The first-order valence-electron chi connectivity index (χ1n) is 6.28. The first kappa shape index (κ1) is 15.9. The molecule has 1 fully saturated rings. The summed E-state index contributed by atoms with van der Waals surface area (Å²) in [4.78, 5) is 23.6. The molecular formula is C14H15Cl2NO4. The number of carbonyl (C=O) groups is 2. The van der Waals surface area contributed by atoms with E-state index in [0.717, 1.165) is 0 Å². The van der Waals surface area contributed by atoms with Crippen molar-refractivity contribution < 1.29 is 19.1 Å². The van der Waals surface area contributed by atoms with E-state index in [1.807, 2.05) is 0 Å². The van der Waals surface area contributed by atoms with Crippen LogP contribution in [-0.4, -0.2) is 29.9 Å². The average Bonchev–Trinajstić information content (AvgIpc) is 2.97. The molecule has 7 heteroatoms. The van der Waals surface area contributed by atoms with Gasteiger partial charge in [0.15, 0.2) is 6.61 Å². The highest BCUT2D eigenvalue weighted by atomic mass is 35.5. The maximum absolute atomic E-state index is 11.8. The highest BCUT2D eigenvalue weighted by molar-refractivity contribution is 6.53. The molecule has 0 heterocycles. The molecule has 0 aliphatic heterocycles. The molecule has 0 bridgehead atoms. The van der Waals surface area contributed by atoms with Crippen molar-refractivity contribution in [1.29, 1.82) is 0 Å². The van der Waals surface area contributed by atoms with Crippen molar-refractivity contribution in [2.75, 3.05) is 19.0 Å². The molecular weight excluding hydrogens is 317 g/mol. The van der Waals surface area contributed by atoms with Gasteiger partial charge in [-0.25, -0.2) is 0 Å². The molecule has 1 saturated carbocycles. The zero-order valence-electron chi connectivity index (χ0n) is 11.6. The predicted molar refractivity (Wildman–Crippen MR) is 79.7 cm³/mol. The lowest BCUT2D eigenvalue weighted by Crippen LogP contribution is -2.26. The molecule has 1 aromatic carbocycles. The Morgan fingerprint density at radius 1 is 1.33 bits per heavy atom. The van der Waals surface area contributed by atoms with E-state index in [1.165, 1.54) is 7.11 Å². The summed E-state index contributed by atoms with van der Waals surface area (Å²) in [6.45, 7) is 1.20. The number of carbonyl (C=O) groups excluding carboxylic acids is 2. The van der Waals surface area contributed by atoms with E-state index in [4.69, 9.17) is 32.7 Å². The third-order valence-electron chi connectivity index (χ3n) is 3.42. The molecule has 1 N–H and O–H groups in total. The third-order valence-corrected chi connectivity index (χ3v) is 4.53. The number of methoxy groups -OCH3 is 1. The number of anilines is 1. The third kappa shape index (κ3) is 3.24. The molecule has 1 atom stereocenters. The number of hydrogen-bond donors (Lipinski definition) is 1. The maximum atomic E-state index is 11.8. The van der Waals surface area contributed by atoms with Crippen LogP contribution in [0.3, 0.4) is 0 Å². The van der Waals surface area contributed by atoms with Gasteiger partial charge < -0.3 is 14.8 Å². The van der Waals surface area contributed by atoms with Gasteiger partial charge in [0.25, 0.3) is 5.91 Å². The fraction of sp³-hybridized carbons (Fsp3) is 0.429. The summed E-state index contributed by atoms with van der Waals surface area (Å²) in [7, 11) is 1.50. The van der Waals surface area contributed by atoms with Gasteiger partial charge in [-0.1, -0.05) is 12.1 Å². The Labute approximate surface area is 132 Å². The monoisotopic (exact) mass is 331 g/mol. The Bertz CT molecular complexity index is 576. The van der Waals surface area contributed by atoms with Gasteiger partial charge in [-0.3, -0.25) is 9.59 Å². The fourth-order valence-electron chi connectivity index (χ4n) is 1.85. The molecule has 5 nitrogen and oxygen atoms in total. The highest BCUT2D eigenvalue weighted by Gasteiger charge is 2.69. The van der Waals surface area contributed by atoms with Gasteiger partial charge in [-0.2, -0.15) is 0 Å². The van der Waals surface area contributed by atoms with Crippen LogP contribution in [0.5, 0.6) is 5.75 Å². The number of amides is 1. The predicted octanol–water partition coefficient (Wildman–Crippen LogP) is 2.76. The second-order valence-corrected chi connectivity index (χ2v) is 6.52. The number of ether oxygens (including phenoxy) is 2. The number of hydrogen-bond acceptors (Lipinski definition) is 4.